The van der Waals surface area contributed by atoms with Crippen molar-refractivity contribution in [2.75, 3.05) is 20.4 Å². The van der Waals surface area contributed by atoms with Gasteiger partial charge in [0.15, 0.2) is 5.60 Å². The molecule has 0 saturated carbocycles. The van der Waals surface area contributed by atoms with Gasteiger partial charge in [-0.05, 0) is 12.8 Å². The lowest BCUT2D eigenvalue weighted by Crippen LogP contribution is -2.41. The SMILES string of the molecule is COC(=O)C1(CF)CCCO1. The molecule has 0 amide bonds. The Morgan fingerprint density at radius 1 is 1.82 bits per heavy atom. The molecule has 0 radical (unpaired) electrons. The van der Waals surface area contributed by atoms with Crippen LogP contribution in [0.5, 0.6) is 0 Å². The van der Waals surface area contributed by atoms with E-state index in [0.29, 0.717) is 13.0 Å². The van der Waals surface area contributed by atoms with Gasteiger partial charge in [-0.1, -0.05) is 0 Å². The quantitative estimate of drug-likeness (QED) is 0.560. The molecule has 0 N–H and O–H groups in total. The number of carbonyl (C=O) groups is 1. The molecule has 1 heterocycles. The maximum atomic E-state index is 12.4. The van der Waals surface area contributed by atoms with Crippen molar-refractivity contribution in [1.82, 2.24) is 0 Å². The number of halogens is 1. The van der Waals surface area contributed by atoms with Gasteiger partial charge >= 0.3 is 5.97 Å². The summed E-state index contributed by atoms with van der Waals surface area (Å²) in [6.45, 7) is -0.349. The minimum atomic E-state index is -1.28. The average molecular weight is 162 g/mol. The van der Waals surface area contributed by atoms with Gasteiger partial charge < -0.3 is 9.47 Å². The van der Waals surface area contributed by atoms with Crippen molar-refractivity contribution < 1.29 is 18.7 Å². The van der Waals surface area contributed by atoms with Crippen molar-refractivity contribution in [2.45, 2.75) is 18.4 Å². The van der Waals surface area contributed by atoms with Crippen LogP contribution in [0, 0.1) is 0 Å². The smallest absolute Gasteiger partial charge is 0.340 e. The molecule has 1 aliphatic rings. The minimum Gasteiger partial charge on any atom is -0.467 e. The van der Waals surface area contributed by atoms with E-state index in [1.165, 1.54) is 7.11 Å². The van der Waals surface area contributed by atoms with E-state index in [4.69, 9.17) is 4.74 Å². The predicted octanol–water partition coefficient (Wildman–Crippen LogP) is 0.678. The average Bonchev–Trinajstić information content (AvgIpc) is 2.52. The molecule has 1 atom stereocenters. The fraction of sp³-hybridized carbons (Fsp3) is 0.857. The first kappa shape index (κ1) is 8.46. The molecule has 0 aromatic carbocycles. The predicted molar refractivity (Wildman–Crippen MR) is 35.9 cm³/mol. The van der Waals surface area contributed by atoms with Crippen LogP contribution in [0.1, 0.15) is 12.8 Å². The van der Waals surface area contributed by atoms with Gasteiger partial charge in [-0.3, -0.25) is 0 Å². The second-order valence-electron chi connectivity index (χ2n) is 2.57. The van der Waals surface area contributed by atoms with Crippen LogP contribution < -0.4 is 0 Å². The van der Waals surface area contributed by atoms with Gasteiger partial charge in [0.05, 0.1) is 7.11 Å². The Morgan fingerprint density at radius 2 is 2.55 bits per heavy atom. The lowest BCUT2D eigenvalue weighted by atomic mass is 10.0. The third-order valence-electron chi connectivity index (χ3n) is 1.88. The highest BCUT2D eigenvalue weighted by Crippen LogP contribution is 2.27. The molecule has 0 aromatic heterocycles. The zero-order valence-corrected chi connectivity index (χ0v) is 6.43. The second kappa shape index (κ2) is 3.17. The van der Waals surface area contributed by atoms with E-state index < -0.39 is 18.2 Å². The van der Waals surface area contributed by atoms with Gasteiger partial charge in [0.1, 0.15) is 6.67 Å². The highest BCUT2D eigenvalue weighted by atomic mass is 19.1. The van der Waals surface area contributed by atoms with E-state index >= 15 is 0 Å². The molecule has 3 nitrogen and oxygen atoms in total. The summed E-state index contributed by atoms with van der Waals surface area (Å²) >= 11 is 0. The van der Waals surface area contributed by atoms with Gasteiger partial charge in [0.25, 0.3) is 0 Å². The van der Waals surface area contributed by atoms with E-state index in [-0.39, 0.29) is 0 Å². The normalized spacial score (nSPS) is 30.4. The van der Waals surface area contributed by atoms with Crippen LogP contribution in [0.4, 0.5) is 4.39 Å². The van der Waals surface area contributed by atoms with Crippen LogP contribution in [0.2, 0.25) is 0 Å². The Hall–Kier alpha value is -0.640. The highest BCUT2D eigenvalue weighted by molar-refractivity contribution is 5.80. The molecule has 1 rings (SSSR count). The molecule has 0 aromatic rings. The standard InChI is InChI=1S/C7H11FO3/c1-10-6(9)7(5-8)3-2-4-11-7/h2-5H2,1H3. The molecule has 1 fully saturated rings. The van der Waals surface area contributed by atoms with Crippen LogP contribution in [-0.4, -0.2) is 32.0 Å². The maximum absolute atomic E-state index is 12.4. The van der Waals surface area contributed by atoms with Crippen molar-refractivity contribution in [3.05, 3.63) is 0 Å². The van der Waals surface area contributed by atoms with E-state index in [2.05, 4.69) is 4.74 Å². The Balaban J connectivity index is 2.66. The van der Waals surface area contributed by atoms with Crippen LogP contribution in [0.15, 0.2) is 0 Å². The number of methoxy groups -OCH3 is 1. The van der Waals surface area contributed by atoms with Crippen LogP contribution in [-0.2, 0) is 14.3 Å². The zero-order chi connectivity index (χ0) is 8.32. The van der Waals surface area contributed by atoms with Crippen molar-refractivity contribution >= 4 is 5.97 Å². The number of hydrogen-bond donors (Lipinski definition) is 0. The van der Waals surface area contributed by atoms with E-state index in [1.54, 1.807) is 0 Å². The molecule has 1 unspecified atom stereocenters. The van der Waals surface area contributed by atoms with Crippen LogP contribution in [0.25, 0.3) is 0 Å². The second-order valence-corrected chi connectivity index (χ2v) is 2.57. The Morgan fingerprint density at radius 3 is 2.91 bits per heavy atom. The number of carbonyl (C=O) groups excluding carboxylic acids is 1. The number of esters is 1. The van der Waals surface area contributed by atoms with Crippen LogP contribution >= 0.6 is 0 Å². The molecule has 4 heteroatoms. The summed E-state index contributed by atoms with van der Waals surface area (Å²) < 4.78 is 21.8. The van der Waals surface area contributed by atoms with Gasteiger partial charge in [-0.15, -0.1) is 0 Å². The number of alkyl halides is 1. The summed E-state index contributed by atoms with van der Waals surface area (Å²) in [5.74, 6) is -0.600. The maximum Gasteiger partial charge on any atom is 0.340 e. The summed E-state index contributed by atoms with van der Waals surface area (Å²) in [4.78, 5) is 11.0. The summed E-state index contributed by atoms with van der Waals surface area (Å²) in [5, 5.41) is 0. The van der Waals surface area contributed by atoms with Crippen LogP contribution in [0.3, 0.4) is 0 Å². The first-order valence-corrected chi connectivity index (χ1v) is 3.53. The van der Waals surface area contributed by atoms with Gasteiger partial charge in [-0.25, -0.2) is 9.18 Å². The highest BCUT2D eigenvalue weighted by Gasteiger charge is 2.44. The molecule has 11 heavy (non-hydrogen) atoms. The number of rotatable bonds is 2. The molecule has 1 aliphatic heterocycles. The summed E-state index contributed by atoms with van der Waals surface area (Å²) in [6, 6.07) is 0. The van der Waals surface area contributed by atoms with Gasteiger partial charge in [-0.2, -0.15) is 0 Å². The number of ether oxygens (including phenoxy) is 2. The lowest BCUT2D eigenvalue weighted by Gasteiger charge is -2.20. The van der Waals surface area contributed by atoms with E-state index in [9.17, 15) is 9.18 Å². The fourth-order valence-corrected chi connectivity index (χ4v) is 1.20. The Labute approximate surface area is 64.5 Å². The minimum absolute atomic E-state index is 0.427. The summed E-state index contributed by atoms with van der Waals surface area (Å²) in [6.07, 6.45) is 1.15. The molecule has 0 bridgehead atoms. The van der Waals surface area contributed by atoms with Crippen molar-refractivity contribution in [2.24, 2.45) is 0 Å². The number of hydrogen-bond acceptors (Lipinski definition) is 3. The molecule has 1 saturated heterocycles. The molecule has 64 valence electrons. The monoisotopic (exact) mass is 162 g/mol. The van der Waals surface area contributed by atoms with E-state index in [1.807, 2.05) is 0 Å². The van der Waals surface area contributed by atoms with Gasteiger partial charge in [0.2, 0.25) is 0 Å². The Bertz CT molecular complexity index is 152. The first-order chi connectivity index (χ1) is 5.25. The summed E-state index contributed by atoms with van der Waals surface area (Å²) in [7, 11) is 1.24. The van der Waals surface area contributed by atoms with Crippen molar-refractivity contribution in [3.63, 3.8) is 0 Å². The lowest BCUT2D eigenvalue weighted by molar-refractivity contribution is -0.165. The molecular weight excluding hydrogens is 151 g/mol. The summed E-state index contributed by atoms with van der Waals surface area (Å²) in [5.41, 5.74) is -1.28. The van der Waals surface area contributed by atoms with Crippen molar-refractivity contribution in [1.29, 1.82) is 0 Å². The molecular formula is C7H11FO3. The molecule has 0 aliphatic carbocycles. The fourth-order valence-electron chi connectivity index (χ4n) is 1.20. The van der Waals surface area contributed by atoms with Crippen molar-refractivity contribution in [3.8, 4) is 0 Å². The third-order valence-corrected chi connectivity index (χ3v) is 1.88. The van der Waals surface area contributed by atoms with Gasteiger partial charge in [0, 0.05) is 6.61 Å². The Kier molecular flexibility index (Phi) is 2.44. The topological polar surface area (TPSA) is 35.5 Å². The largest absolute Gasteiger partial charge is 0.467 e. The first-order valence-electron chi connectivity index (χ1n) is 3.53. The zero-order valence-electron chi connectivity index (χ0n) is 6.43. The third kappa shape index (κ3) is 1.35. The van der Waals surface area contributed by atoms with E-state index in [0.717, 1.165) is 6.42 Å². The molecule has 0 spiro atoms.